The van der Waals surface area contributed by atoms with Crippen molar-refractivity contribution >= 4 is 5.69 Å². The van der Waals surface area contributed by atoms with Crippen molar-refractivity contribution in [3.63, 3.8) is 0 Å². The number of benzene rings is 2. The van der Waals surface area contributed by atoms with Crippen LogP contribution in [-0.4, -0.2) is 5.11 Å². The maximum Gasteiger partial charge on any atom is 0.0701 e. The lowest BCUT2D eigenvalue weighted by Crippen LogP contribution is -2.06. The summed E-state index contributed by atoms with van der Waals surface area (Å²) < 4.78 is 0. The summed E-state index contributed by atoms with van der Waals surface area (Å²) in [6, 6.07) is 12.3. The van der Waals surface area contributed by atoms with Gasteiger partial charge >= 0.3 is 0 Å². The van der Waals surface area contributed by atoms with E-state index in [9.17, 15) is 5.11 Å². The molecule has 0 atom stereocenters. The summed E-state index contributed by atoms with van der Waals surface area (Å²) in [5.41, 5.74) is 7.19. The zero-order chi connectivity index (χ0) is 13.8. The van der Waals surface area contributed by atoms with E-state index >= 15 is 0 Å². The van der Waals surface area contributed by atoms with E-state index in [0.29, 0.717) is 0 Å². The third-order valence-corrected chi connectivity index (χ3v) is 3.48. The van der Waals surface area contributed by atoms with Crippen molar-refractivity contribution in [1.82, 2.24) is 0 Å². The maximum atomic E-state index is 9.32. The molecule has 0 spiro atoms. The van der Waals surface area contributed by atoms with Gasteiger partial charge in [-0.05, 0) is 43.5 Å². The molecule has 0 aliphatic carbocycles. The lowest BCUT2D eigenvalue weighted by molar-refractivity contribution is 0.282. The number of para-hydroxylation sites is 1. The molecule has 0 fully saturated rings. The maximum absolute atomic E-state index is 9.32. The summed E-state index contributed by atoms with van der Waals surface area (Å²) in [7, 11) is 0. The van der Waals surface area contributed by atoms with Crippen LogP contribution in [0.25, 0.3) is 0 Å². The second-order valence-electron chi connectivity index (χ2n) is 5.05. The summed E-state index contributed by atoms with van der Waals surface area (Å²) in [5.74, 6) is 0. The summed E-state index contributed by atoms with van der Waals surface area (Å²) in [5, 5.41) is 12.7. The van der Waals surface area contributed by atoms with Gasteiger partial charge in [-0.25, -0.2) is 0 Å². The molecule has 2 heteroatoms. The molecule has 2 N–H and O–H groups in total. The first-order chi connectivity index (χ1) is 9.11. The van der Waals surface area contributed by atoms with E-state index in [-0.39, 0.29) is 6.61 Å². The number of rotatable bonds is 4. The smallest absolute Gasteiger partial charge is 0.0701 e. The Hall–Kier alpha value is -1.80. The van der Waals surface area contributed by atoms with Gasteiger partial charge in [0.1, 0.15) is 0 Å². The van der Waals surface area contributed by atoms with Gasteiger partial charge in [0.05, 0.1) is 6.61 Å². The van der Waals surface area contributed by atoms with Crippen LogP contribution in [0.15, 0.2) is 36.4 Å². The average Bonchev–Trinajstić information content (AvgIpc) is 2.38. The molecule has 0 bridgehead atoms. The first kappa shape index (κ1) is 13.6. The average molecular weight is 255 g/mol. The zero-order valence-corrected chi connectivity index (χ0v) is 11.8. The third kappa shape index (κ3) is 3.15. The predicted molar refractivity (Wildman–Crippen MR) is 80.3 cm³/mol. The minimum atomic E-state index is 0.0645. The molecule has 2 rings (SSSR count). The third-order valence-electron chi connectivity index (χ3n) is 3.48. The highest BCUT2D eigenvalue weighted by Crippen LogP contribution is 2.20. The van der Waals surface area contributed by atoms with Crippen LogP contribution in [0.4, 0.5) is 5.69 Å². The SMILES string of the molecule is Cc1cc(C)c(CNc2ccccc2CO)c(C)c1. The Labute approximate surface area is 115 Å². The molecule has 0 saturated carbocycles. The minimum Gasteiger partial charge on any atom is -0.392 e. The van der Waals surface area contributed by atoms with Crippen LogP contribution in [-0.2, 0) is 13.2 Å². The molecule has 0 radical (unpaired) electrons. The van der Waals surface area contributed by atoms with Crippen LogP contribution >= 0.6 is 0 Å². The van der Waals surface area contributed by atoms with E-state index in [1.807, 2.05) is 24.3 Å². The molecule has 0 unspecified atom stereocenters. The Bertz CT molecular complexity index is 552. The van der Waals surface area contributed by atoms with Crippen LogP contribution in [0, 0.1) is 20.8 Å². The normalized spacial score (nSPS) is 10.5. The first-order valence-electron chi connectivity index (χ1n) is 6.61. The highest BCUT2D eigenvalue weighted by atomic mass is 16.3. The quantitative estimate of drug-likeness (QED) is 0.872. The van der Waals surface area contributed by atoms with E-state index < -0.39 is 0 Å². The van der Waals surface area contributed by atoms with Crippen molar-refractivity contribution < 1.29 is 5.11 Å². The lowest BCUT2D eigenvalue weighted by atomic mass is 9.99. The molecule has 2 aromatic carbocycles. The highest BCUT2D eigenvalue weighted by molar-refractivity contribution is 5.52. The number of aliphatic hydroxyl groups excluding tert-OH is 1. The standard InChI is InChI=1S/C17H21NO/c1-12-8-13(2)16(14(3)9-12)10-18-17-7-5-4-6-15(17)11-19/h4-9,18-19H,10-11H2,1-3H3. The minimum absolute atomic E-state index is 0.0645. The van der Waals surface area contributed by atoms with Gasteiger partial charge in [0, 0.05) is 17.8 Å². The summed E-state index contributed by atoms with van der Waals surface area (Å²) in [6.07, 6.45) is 0. The van der Waals surface area contributed by atoms with Crippen molar-refractivity contribution in [2.24, 2.45) is 0 Å². The topological polar surface area (TPSA) is 32.3 Å². The van der Waals surface area contributed by atoms with Gasteiger partial charge in [-0.2, -0.15) is 0 Å². The van der Waals surface area contributed by atoms with Crippen molar-refractivity contribution in [1.29, 1.82) is 0 Å². The van der Waals surface area contributed by atoms with Crippen molar-refractivity contribution in [2.75, 3.05) is 5.32 Å². The summed E-state index contributed by atoms with van der Waals surface area (Å²) in [4.78, 5) is 0. The molecule has 0 aromatic heterocycles. The number of hydrogen-bond donors (Lipinski definition) is 2. The zero-order valence-electron chi connectivity index (χ0n) is 11.8. The molecule has 100 valence electrons. The largest absolute Gasteiger partial charge is 0.392 e. The van der Waals surface area contributed by atoms with E-state index in [4.69, 9.17) is 0 Å². The van der Waals surface area contributed by atoms with Gasteiger partial charge in [0.2, 0.25) is 0 Å². The van der Waals surface area contributed by atoms with Crippen LogP contribution in [0.2, 0.25) is 0 Å². The molecule has 0 amide bonds. The summed E-state index contributed by atoms with van der Waals surface area (Å²) >= 11 is 0. The van der Waals surface area contributed by atoms with Gasteiger partial charge in [-0.1, -0.05) is 35.9 Å². The molecule has 2 nitrogen and oxygen atoms in total. The van der Waals surface area contributed by atoms with E-state index in [1.54, 1.807) is 0 Å². The summed E-state index contributed by atoms with van der Waals surface area (Å²) in [6.45, 7) is 7.27. The fraction of sp³-hybridized carbons (Fsp3) is 0.294. The van der Waals surface area contributed by atoms with E-state index in [0.717, 1.165) is 17.8 Å². The molecule has 19 heavy (non-hydrogen) atoms. The molecular weight excluding hydrogens is 234 g/mol. The highest BCUT2D eigenvalue weighted by Gasteiger charge is 2.05. The molecule has 0 saturated heterocycles. The Morgan fingerprint density at radius 1 is 1.00 bits per heavy atom. The van der Waals surface area contributed by atoms with Crippen molar-refractivity contribution in [2.45, 2.75) is 33.9 Å². The van der Waals surface area contributed by atoms with Crippen LogP contribution in [0.3, 0.4) is 0 Å². The van der Waals surface area contributed by atoms with Gasteiger partial charge in [-0.3, -0.25) is 0 Å². The number of aliphatic hydroxyl groups is 1. The Balaban J connectivity index is 2.19. The second-order valence-corrected chi connectivity index (χ2v) is 5.05. The van der Waals surface area contributed by atoms with Gasteiger partial charge in [0.25, 0.3) is 0 Å². The van der Waals surface area contributed by atoms with Crippen LogP contribution in [0.1, 0.15) is 27.8 Å². The Morgan fingerprint density at radius 3 is 2.26 bits per heavy atom. The van der Waals surface area contributed by atoms with Gasteiger partial charge in [-0.15, -0.1) is 0 Å². The van der Waals surface area contributed by atoms with Crippen LogP contribution < -0.4 is 5.32 Å². The van der Waals surface area contributed by atoms with Gasteiger partial charge < -0.3 is 10.4 Å². The number of aryl methyl sites for hydroxylation is 3. The van der Waals surface area contributed by atoms with E-state index in [2.05, 4.69) is 38.2 Å². The number of anilines is 1. The van der Waals surface area contributed by atoms with Crippen LogP contribution in [0.5, 0.6) is 0 Å². The fourth-order valence-electron chi connectivity index (χ4n) is 2.50. The van der Waals surface area contributed by atoms with E-state index in [1.165, 1.54) is 22.3 Å². The predicted octanol–water partition coefficient (Wildman–Crippen LogP) is 3.72. The molecule has 0 aliphatic heterocycles. The fourth-order valence-corrected chi connectivity index (χ4v) is 2.50. The number of nitrogens with one attached hydrogen (secondary N) is 1. The first-order valence-corrected chi connectivity index (χ1v) is 6.61. The lowest BCUT2D eigenvalue weighted by Gasteiger charge is -2.15. The van der Waals surface area contributed by atoms with Crippen molar-refractivity contribution in [3.8, 4) is 0 Å². The molecule has 0 aliphatic rings. The molecule has 2 aromatic rings. The number of hydrogen-bond acceptors (Lipinski definition) is 2. The Morgan fingerprint density at radius 2 is 1.63 bits per heavy atom. The molecule has 0 heterocycles. The van der Waals surface area contributed by atoms with Gasteiger partial charge in [0.15, 0.2) is 0 Å². The Kier molecular flexibility index (Phi) is 4.23. The monoisotopic (exact) mass is 255 g/mol. The van der Waals surface area contributed by atoms with Crippen molar-refractivity contribution in [3.05, 3.63) is 64.2 Å². The molecular formula is C17H21NO. The second kappa shape index (κ2) is 5.89.